The molecular formula is C24H25NO7. The average molecular weight is 439 g/mol. The quantitative estimate of drug-likeness (QED) is 0.149. The smallest absolute Gasteiger partial charge is 0.330 e. The normalized spacial score (nSPS) is 12.2. The summed E-state index contributed by atoms with van der Waals surface area (Å²) in [5, 5.41) is 10.9. The van der Waals surface area contributed by atoms with Gasteiger partial charge in [0.25, 0.3) is 5.69 Å². The van der Waals surface area contributed by atoms with Crippen LogP contribution in [0.4, 0.5) is 5.69 Å². The molecule has 0 aliphatic carbocycles. The molecule has 2 rings (SSSR count). The van der Waals surface area contributed by atoms with E-state index in [0.29, 0.717) is 11.1 Å². The highest BCUT2D eigenvalue weighted by Gasteiger charge is 2.33. The summed E-state index contributed by atoms with van der Waals surface area (Å²) in [7, 11) is 0. The molecule has 8 heteroatoms. The van der Waals surface area contributed by atoms with E-state index in [2.05, 4.69) is 0 Å². The summed E-state index contributed by atoms with van der Waals surface area (Å²) in [6.45, 7) is 7.04. The summed E-state index contributed by atoms with van der Waals surface area (Å²) < 4.78 is 10.3. The maximum Gasteiger partial charge on any atom is 0.330 e. The van der Waals surface area contributed by atoms with Crippen LogP contribution in [-0.4, -0.2) is 34.9 Å². The molecule has 0 aliphatic heterocycles. The van der Waals surface area contributed by atoms with Crippen LogP contribution in [0.25, 0.3) is 6.08 Å². The number of ether oxygens (including phenoxy) is 2. The van der Waals surface area contributed by atoms with Gasteiger partial charge in [-0.3, -0.25) is 19.7 Å². The van der Waals surface area contributed by atoms with E-state index in [1.807, 2.05) is 0 Å². The fourth-order valence-electron chi connectivity index (χ4n) is 2.82. The van der Waals surface area contributed by atoms with Gasteiger partial charge in [-0.15, -0.1) is 0 Å². The van der Waals surface area contributed by atoms with Crippen molar-refractivity contribution in [3.05, 3.63) is 81.4 Å². The number of Topliss-reactive ketones (excluding diaryl/α,β-unsaturated/α-hetero) is 1. The summed E-state index contributed by atoms with van der Waals surface area (Å²) in [6, 6.07) is 11.6. The lowest BCUT2D eigenvalue weighted by Gasteiger charge is -2.23. The van der Waals surface area contributed by atoms with Crippen molar-refractivity contribution >= 4 is 29.5 Å². The first-order valence-electron chi connectivity index (χ1n) is 9.98. The molecule has 0 heterocycles. The molecule has 0 amide bonds. The second-order valence-corrected chi connectivity index (χ2v) is 7.89. The molecule has 0 saturated heterocycles. The number of nitro benzene ring substituents is 1. The van der Waals surface area contributed by atoms with Crippen molar-refractivity contribution in [1.82, 2.24) is 0 Å². The molecule has 1 unspecified atom stereocenters. The van der Waals surface area contributed by atoms with Crippen molar-refractivity contribution in [3.8, 4) is 0 Å². The van der Waals surface area contributed by atoms with E-state index < -0.39 is 34.2 Å². The number of esters is 2. The zero-order valence-corrected chi connectivity index (χ0v) is 18.4. The van der Waals surface area contributed by atoms with Crippen LogP contribution < -0.4 is 0 Å². The maximum absolute atomic E-state index is 13.2. The van der Waals surface area contributed by atoms with Crippen LogP contribution in [0.1, 0.15) is 55.1 Å². The standard InChI is InChI=1S/C24H25NO7/c1-5-31-20(26)15-8-16-6-9-18(10-7-16)22(27)21(23(28)32-24(2,3)4)17-11-13-19(14-12-17)25(29)30/h6-15,21H,5H2,1-4H3. The van der Waals surface area contributed by atoms with Gasteiger partial charge in [-0.25, -0.2) is 4.79 Å². The second kappa shape index (κ2) is 10.5. The maximum atomic E-state index is 13.2. The van der Waals surface area contributed by atoms with Gasteiger partial charge in [-0.2, -0.15) is 0 Å². The Hall–Kier alpha value is -3.81. The van der Waals surface area contributed by atoms with Crippen LogP contribution >= 0.6 is 0 Å². The molecule has 0 N–H and O–H groups in total. The lowest BCUT2D eigenvalue weighted by atomic mass is 9.90. The van der Waals surface area contributed by atoms with Gasteiger partial charge in [-0.1, -0.05) is 36.4 Å². The van der Waals surface area contributed by atoms with Crippen LogP contribution in [-0.2, 0) is 19.1 Å². The van der Waals surface area contributed by atoms with Crippen LogP contribution in [0.15, 0.2) is 54.6 Å². The molecule has 2 aromatic rings. The molecule has 168 valence electrons. The fourth-order valence-corrected chi connectivity index (χ4v) is 2.82. The predicted octanol–water partition coefficient (Wildman–Crippen LogP) is 4.48. The fraction of sp³-hybridized carbons (Fsp3) is 0.292. The van der Waals surface area contributed by atoms with Crippen molar-refractivity contribution in [1.29, 1.82) is 0 Å². The zero-order valence-electron chi connectivity index (χ0n) is 18.4. The van der Waals surface area contributed by atoms with E-state index in [-0.39, 0.29) is 17.9 Å². The molecule has 0 aromatic heterocycles. The third-order valence-corrected chi connectivity index (χ3v) is 4.24. The number of nitrogens with zero attached hydrogens (tertiary/aromatic N) is 1. The summed E-state index contributed by atoms with van der Waals surface area (Å²) in [6.07, 6.45) is 2.83. The van der Waals surface area contributed by atoms with E-state index in [0.717, 1.165) is 0 Å². The average Bonchev–Trinajstić information content (AvgIpc) is 2.72. The Morgan fingerprint density at radius 3 is 2.12 bits per heavy atom. The Morgan fingerprint density at radius 1 is 1.03 bits per heavy atom. The van der Waals surface area contributed by atoms with Crippen LogP contribution in [0.3, 0.4) is 0 Å². The van der Waals surface area contributed by atoms with Crippen molar-refractivity contribution in [2.75, 3.05) is 6.61 Å². The molecule has 8 nitrogen and oxygen atoms in total. The lowest BCUT2D eigenvalue weighted by Crippen LogP contribution is -2.31. The summed E-state index contributed by atoms with van der Waals surface area (Å²) in [5.41, 5.74) is 0.243. The van der Waals surface area contributed by atoms with Gasteiger partial charge in [0.15, 0.2) is 5.78 Å². The van der Waals surface area contributed by atoms with Crippen LogP contribution in [0.5, 0.6) is 0 Å². The van der Waals surface area contributed by atoms with Crippen molar-refractivity contribution in [2.45, 2.75) is 39.2 Å². The Labute approximate surface area is 186 Å². The zero-order chi connectivity index (χ0) is 23.9. The summed E-state index contributed by atoms with van der Waals surface area (Å²) in [5.74, 6) is -3.01. The SMILES string of the molecule is CCOC(=O)C=Cc1ccc(C(=O)C(C(=O)OC(C)(C)C)c2ccc([N+](=O)[O-])cc2)cc1. The molecule has 1 atom stereocenters. The number of carbonyl (C=O) groups is 3. The van der Waals surface area contributed by atoms with Crippen molar-refractivity contribution in [3.63, 3.8) is 0 Å². The summed E-state index contributed by atoms with van der Waals surface area (Å²) >= 11 is 0. The topological polar surface area (TPSA) is 113 Å². The molecule has 2 aromatic carbocycles. The first-order valence-corrected chi connectivity index (χ1v) is 9.98. The molecule has 0 fully saturated rings. The number of carbonyl (C=O) groups excluding carboxylic acids is 3. The van der Waals surface area contributed by atoms with E-state index in [1.165, 1.54) is 42.5 Å². The third kappa shape index (κ3) is 6.87. The minimum absolute atomic E-state index is 0.151. The molecule has 0 radical (unpaired) electrons. The first kappa shape index (κ1) is 24.5. The first-order chi connectivity index (χ1) is 15.0. The van der Waals surface area contributed by atoms with Crippen molar-refractivity contribution in [2.24, 2.45) is 0 Å². The largest absolute Gasteiger partial charge is 0.463 e. The molecule has 0 aliphatic rings. The number of benzene rings is 2. The minimum atomic E-state index is -1.28. The number of hydrogen-bond donors (Lipinski definition) is 0. The van der Waals surface area contributed by atoms with E-state index >= 15 is 0 Å². The third-order valence-electron chi connectivity index (χ3n) is 4.24. The summed E-state index contributed by atoms with van der Waals surface area (Å²) in [4.78, 5) is 47.9. The number of nitro groups is 1. The molecular weight excluding hydrogens is 414 g/mol. The minimum Gasteiger partial charge on any atom is -0.463 e. The van der Waals surface area contributed by atoms with Gasteiger partial charge < -0.3 is 9.47 Å². The molecule has 32 heavy (non-hydrogen) atoms. The van der Waals surface area contributed by atoms with Gasteiger partial charge in [0, 0.05) is 23.8 Å². The monoisotopic (exact) mass is 439 g/mol. The Bertz CT molecular complexity index is 1020. The number of ketones is 1. The van der Waals surface area contributed by atoms with Gasteiger partial charge in [0.05, 0.1) is 11.5 Å². The number of hydrogen-bond acceptors (Lipinski definition) is 7. The van der Waals surface area contributed by atoms with Gasteiger partial charge in [0.1, 0.15) is 11.5 Å². The predicted molar refractivity (Wildman–Crippen MR) is 118 cm³/mol. The van der Waals surface area contributed by atoms with Gasteiger partial charge >= 0.3 is 11.9 Å². The van der Waals surface area contributed by atoms with E-state index in [4.69, 9.17) is 9.47 Å². The van der Waals surface area contributed by atoms with Crippen LogP contribution in [0.2, 0.25) is 0 Å². The number of non-ortho nitro benzene ring substituents is 1. The Balaban J connectivity index is 2.34. The van der Waals surface area contributed by atoms with Crippen molar-refractivity contribution < 1.29 is 28.8 Å². The van der Waals surface area contributed by atoms with Crippen LogP contribution in [0, 0.1) is 10.1 Å². The second-order valence-electron chi connectivity index (χ2n) is 7.89. The Kier molecular flexibility index (Phi) is 8.01. The molecule has 0 bridgehead atoms. The van der Waals surface area contributed by atoms with E-state index in [1.54, 1.807) is 45.9 Å². The number of rotatable bonds is 8. The highest BCUT2D eigenvalue weighted by atomic mass is 16.6. The highest BCUT2D eigenvalue weighted by Crippen LogP contribution is 2.27. The lowest BCUT2D eigenvalue weighted by molar-refractivity contribution is -0.384. The molecule has 0 saturated carbocycles. The van der Waals surface area contributed by atoms with Gasteiger partial charge in [0.2, 0.25) is 0 Å². The molecule has 0 spiro atoms. The Morgan fingerprint density at radius 2 is 1.62 bits per heavy atom. The van der Waals surface area contributed by atoms with Gasteiger partial charge in [-0.05, 0) is 44.9 Å². The highest BCUT2D eigenvalue weighted by molar-refractivity contribution is 6.13. The van der Waals surface area contributed by atoms with E-state index in [9.17, 15) is 24.5 Å².